The van der Waals surface area contributed by atoms with Gasteiger partial charge in [-0.25, -0.2) is 0 Å². The number of hydrogen-bond acceptors (Lipinski definition) is 4. The van der Waals surface area contributed by atoms with Gasteiger partial charge in [-0.1, -0.05) is 27.5 Å². The van der Waals surface area contributed by atoms with Gasteiger partial charge in [0.25, 0.3) is 5.91 Å². The number of aromatic nitrogens is 1. The lowest BCUT2D eigenvalue weighted by Gasteiger charge is -2.32. The van der Waals surface area contributed by atoms with Crippen molar-refractivity contribution in [3.05, 3.63) is 43.6 Å². The van der Waals surface area contributed by atoms with Crippen molar-refractivity contribution in [2.75, 3.05) is 33.4 Å². The van der Waals surface area contributed by atoms with Crippen LogP contribution in [0.2, 0.25) is 5.02 Å². The molecule has 2 heterocycles. The summed E-state index contributed by atoms with van der Waals surface area (Å²) in [7, 11) is 1.58. The van der Waals surface area contributed by atoms with E-state index in [2.05, 4.69) is 20.9 Å². The maximum atomic E-state index is 12.7. The van der Waals surface area contributed by atoms with Crippen LogP contribution in [0.15, 0.2) is 27.6 Å². The highest BCUT2D eigenvalue weighted by Gasteiger charge is 2.27. The molecule has 0 spiro atoms. The van der Waals surface area contributed by atoms with Crippen LogP contribution >= 0.6 is 27.5 Å². The standard InChI is InChI=1S/C16H16BrClN2O4/c1-23-8-10-7-20(2-3-24-10)16(22)12-6-19-14-11(15(12)21)4-9(17)5-13(14)18/h4-6,10H,2-3,7-8H2,1H3,(H,19,21)/t10-/m0/s1. The second kappa shape index (κ2) is 7.23. The van der Waals surface area contributed by atoms with E-state index in [-0.39, 0.29) is 23.0 Å². The molecular formula is C16H16BrClN2O4. The molecule has 1 aliphatic rings. The molecule has 128 valence electrons. The minimum atomic E-state index is -0.341. The Hall–Kier alpha value is -1.41. The summed E-state index contributed by atoms with van der Waals surface area (Å²) in [6.45, 7) is 1.65. The smallest absolute Gasteiger partial charge is 0.259 e. The highest BCUT2D eigenvalue weighted by Crippen LogP contribution is 2.25. The molecule has 1 fully saturated rings. The Morgan fingerprint density at radius 1 is 1.54 bits per heavy atom. The molecule has 8 heteroatoms. The van der Waals surface area contributed by atoms with Gasteiger partial charge < -0.3 is 19.4 Å². The van der Waals surface area contributed by atoms with Gasteiger partial charge in [0.05, 0.1) is 29.9 Å². The number of nitrogens with zero attached hydrogens (tertiary/aromatic N) is 1. The number of ether oxygens (including phenoxy) is 2. The van der Waals surface area contributed by atoms with E-state index in [4.69, 9.17) is 21.1 Å². The third-order valence-electron chi connectivity index (χ3n) is 3.91. The Morgan fingerprint density at radius 3 is 3.08 bits per heavy atom. The van der Waals surface area contributed by atoms with Crippen LogP contribution in [0.25, 0.3) is 10.9 Å². The zero-order chi connectivity index (χ0) is 17.3. The molecule has 0 aliphatic carbocycles. The van der Waals surface area contributed by atoms with Gasteiger partial charge in [0, 0.05) is 36.3 Å². The van der Waals surface area contributed by atoms with Crippen LogP contribution in [0.5, 0.6) is 0 Å². The van der Waals surface area contributed by atoms with Crippen LogP contribution in [-0.4, -0.2) is 55.3 Å². The first-order valence-corrected chi connectivity index (χ1v) is 8.58. The Morgan fingerprint density at radius 2 is 2.33 bits per heavy atom. The van der Waals surface area contributed by atoms with Crippen LogP contribution in [0.3, 0.4) is 0 Å². The molecule has 0 bridgehead atoms. The predicted molar refractivity (Wildman–Crippen MR) is 94.8 cm³/mol. The third kappa shape index (κ3) is 3.35. The first kappa shape index (κ1) is 17.4. The van der Waals surface area contributed by atoms with Crippen molar-refractivity contribution in [2.45, 2.75) is 6.10 Å². The van der Waals surface area contributed by atoms with Gasteiger partial charge in [-0.3, -0.25) is 9.59 Å². The topological polar surface area (TPSA) is 71.6 Å². The molecule has 2 aromatic rings. The second-order valence-corrected chi connectivity index (χ2v) is 6.86. The van der Waals surface area contributed by atoms with Crippen LogP contribution in [0, 0.1) is 0 Å². The van der Waals surface area contributed by atoms with Gasteiger partial charge in [-0.2, -0.15) is 0 Å². The zero-order valence-corrected chi connectivity index (χ0v) is 15.3. The van der Waals surface area contributed by atoms with Gasteiger partial charge in [-0.15, -0.1) is 0 Å². The normalized spacial score (nSPS) is 18.1. The maximum Gasteiger partial charge on any atom is 0.259 e. The number of halogens is 2. The first-order chi connectivity index (χ1) is 11.5. The largest absolute Gasteiger partial charge is 0.382 e. The molecule has 3 rings (SSSR count). The van der Waals surface area contributed by atoms with E-state index in [1.807, 2.05) is 0 Å². The van der Waals surface area contributed by atoms with E-state index >= 15 is 0 Å². The number of benzene rings is 1. The van der Waals surface area contributed by atoms with Gasteiger partial charge in [0.15, 0.2) is 0 Å². The quantitative estimate of drug-likeness (QED) is 0.836. The number of rotatable bonds is 3. The predicted octanol–water partition coefficient (Wildman–Crippen LogP) is 2.43. The highest BCUT2D eigenvalue weighted by molar-refractivity contribution is 9.10. The second-order valence-electron chi connectivity index (χ2n) is 5.54. The summed E-state index contributed by atoms with van der Waals surface area (Å²) in [5.41, 5.74) is 0.266. The Balaban J connectivity index is 1.96. The van der Waals surface area contributed by atoms with Gasteiger partial charge in [-0.05, 0) is 12.1 Å². The van der Waals surface area contributed by atoms with E-state index in [9.17, 15) is 9.59 Å². The lowest BCUT2D eigenvalue weighted by Crippen LogP contribution is -2.48. The van der Waals surface area contributed by atoms with E-state index in [1.165, 1.54) is 6.20 Å². The molecule has 0 saturated carbocycles. The summed E-state index contributed by atoms with van der Waals surface area (Å²) in [6.07, 6.45) is 1.24. The lowest BCUT2D eigenvalue weighted by molar-refractivity contribution is -0.0531. The summed E-state index contributed by atoms with van der Waals surface area (Å²) in [4.78, 5) is 30.0. The fourth-order valence-corrected chi connectivity index (χ4v) is 3.64. The molecule has 1 aliphatic heterocycles. The van der Waals surface area contributed by atoms with Gasteiger partial charge >= 0.3 is 0 Å². The number of H-pyrrole nitrogens is 1. The Labute approximate surface area is 151 Å². The van der Waals surface area contributed by atoms with E-state index in [1.54, 1.807) is 24.1 Å². The summed E-state index contributed by atoms with van der Waals surface area (Å²) in [5, 5.41) is 0.795. The number of hydrogen-bond donors (Lipinski definition) is 1. The highest BCUT2D eigenvalue weighted by atomic mass is 79.9. The number of carbonyl (C=O) groups is 1. The minimum absolute atomic E-state index is 0.0923. The zero-order valence-electron chi connectivity index (χ0n) is 13.0. The number of carbonyl (C=O) groups excluding carboxylic acids is 1. The van der Waals surface area contributed by atoms with Crippen molar-refractivity contribution in [1.29, 1.82) is 0 Å². The number of amides is 1. The number of aromatic amines is 1. The molecule has 1 N–H and O–H groups in total. The lowest BCUT2D eigenvalue weighted by atomic mass is 10.1. The maximum absolute atomic E-state index is 12.7. The number of nitrogens with one attached hydrogen (secondary N) is 1. The monoisotopic (exact) mass is 414 g/mol. The Bertz CT molecular complexity index is 837. The van der Waals surface area contributed by atoms with Crippen LogP contribution < -0.4 is 5.43 Å². The average molecular weight is 416 g/mol. The van der Waals surface area contributed by atoms with Crippen LogP contribution in [-0.2, 0) is 9.47 Å². The van der Waals surface area contributed by atoms with Crippen molar-refractivity contribution >= 4 is 44.3 Å². The van der Waals surface area contributed by atoms with Crippen molar-refractivity contribution < 1.29 is 14.3 Å². The summed E-state index contributed by atoms with van der Waals surface area (Å²) < 4.78 is 11.3. The number of methoxy groups -OCH3 is 1. The average Bonchev–Trinajstić information content (AvgIpc) is 2.56. The molecule has 1 atom stereocenters. The van der Waals surface area contributed by atoms with Gasteiger partial charge in [0.1, 0.15) is 5.56 Å². The molecule has 0 unspecified atom stereocenters. The molecular weight excluding hydrogens is 400 g/mol. The molecule has 1 amide bonds. The number of morpholine rings is 1. The fourth-order valence-electron chi connectivity index (χ4n) is 2.77. The molecule has 6 nitrogen and oxygen atoms in total. The molecule has 1 aromatic carbocycles. The SMILES string of the molecule is COC[C@@H]1CN(C(=O)c2c[nH]c3c(Cl)cc(Br)cc3c2=O)CCO1. The van der Waals surface area contributed by atoms with Gasteiger partial charge in [0.2, 0.25) is 5.43 Å². The third-order valence-corrected chi connectivity index (χ3v) is 4.67. The minimum Gasteiger partial charge on any atom is -0.382 e. The first-order valence-electron chi connectivity index (χ1n) is 7.41. The summed E-state index contributed by atoms with van der Waals surface area (Å²) in [6, 6.07) is 3.35. The van der Waals surface area contributed by atoms with Crippen LogP contribution in [0.4, 0.5) is 0 Å². The molecule has 0 radical (unpaired) electrons. The molecule has 1 saturated heterocycles. The fraction of sp³-hybridized carbons (Fsp3) is 0.375. The molecule has 24 heavy (non-hydrogen) atoms. The van der Waals surface area contributed by atoms with Crippen LogP contribution in [0.1, 0.15) is 10.4 Å². The van der Waals surface area contributed by atoms with E-state index in [0.29, 0.717) is 46.7 Å². The Kier molecular flexibility index (Phi) is 5.24. The van der Waals surface area contributed by atoms with Crippen molar-refractivity contribution in [2.24, 2.45) is 0 Å². The van der Waals surface area contributed by atoms with Crippen molar-refractivity contribution in [1.82, 2.24) is 9.88 Å². The van der Waals surface area contributed by atoms with Crippen molar-refractivity contribution in [3.8, 4) is 0 Å². The summed E-state index contributed by atoms with van der Waals surface area (Å²) >= 11 is 9.46. The van der Waals surface area contributed by atoms with E-state index in [0.717, 1.165) is 0 Å². The van der Waals surface area contributed by atoms with E-state index < -0.39 is 0 Å². The van der Waals surface area contributed by atoms with Crippen molar-refractivity contribution in [3.63, 3.8) is 0 Å². The number of fused-ring (bicyclic) bond motifs is 1. The molecule has 1 aromatic heterocycles. The number of pyridine rings is 1. The summed E-state index contributed by atoms with van der Waals surface area (Å²) in [5.74, 6) is -0.321.